The largest absolute Gasteiger partial charge is 0.341 e. The van der Waals surface area contributed by atoms with Crippen molar-refractivity contribution in [1.82, 2.24) is 19.8 Å². The fraction of sp³-hybridized carbons (Fsp3) is 0.522. The van der Waals surface area contributed by atoms with Gasteiger partial charge in [-0.1, -0.05) is 0 Å². The molecule has 2 aliphatic heterocycles. The van der Waals surface area contributed by atoms with Gasteiger partial charge in [-0.05, 0) is 75.4 Å². The van der Waals surface area contributed by atoms with Gasteiger partial charge < -0.3 is 4.90 Å². The summed E-state index contributed by atoms with van der Waals surface area (Å²) in [5.74, 6) is 0.771. The Morgan fingerprint density at radius 1 is 1.17 bits per heavy atom. The summed E-state index contributed by atoms with van der Waals surface area (Å²) in [6.45, 7) is 9.33. The van der Waals surface area contributed by atoms with Crippen molar-refractivity contribution in [2.24, 2.45) is 5.92 Å². The monoisotopic (exact) mass is 412 g/mol. The van der Waals surface area contributed by atoms with Crippen molar-refractivity contribution in [3.8, 4) is 0 Å². The molecule has 2 atom stereocenters. The van der Waals surface area contributed by atoms with E-state index >= 15 is 0 Å². The molecule has 6 heteroatoms. The number of likely N-dealkylation sites (N-methyl/N-ethyl adjacent to an activating group) is 1. The molecule has 0 aromatic carbocycles. The molecule has 0 saturated carbocycles. The van der Waals surface area contributed by atoms with Gasteiger partial charge >= 0.3 is 0 Å². The minimum Gasteiger partial charge on any atom is -0.341 e. The summed E-state index contributed by atoms with van der Waals surface area (Å²) in [5, 5.41) is 0. The number of aromatic nitrogens is 2. The zero-order chi connectivity index (χ0) is 19.8. The average Bonchev–Trinajstić information content (AvgIpc) is 3.11. The number of carbonyl (C=O) groups is 1. The smallest absolute Gasteiger partial charge is 0.255 e. The number of hydrogen-bond donors (Lipinski definition) is 0. The third-order valence-corrected chi connectivity index (χ3v) is 6.27. The average molecular weight is 413 g/mol. The van der Waals surface area contributed by atoms with Gasteiger partial charge in [-0.15, -0.1) is 0 Å². The van der Waals surface area contributed by atoms with Crippen molar-refractivity contribution in [1.29, 1.82) is 0 Å². The van der Waals surface area contributed by atoms with Crippen molar-refractivity contribution >= 4 is 19.4 Å². The van der Waals surface area contributed by atoms with Gasteiger partial charge in [0.15, 0.2) is 0 Å². The van der Waals surface area contributed by atoms with E-state index in [9.17, 15) is 4.79 Å². The highest BCUT2D eigenvalue weighted by molar-refractivity contribution is 7.59. The third-order valence-electron chi connectivity index (χ3n) is 6.27. The fourth-order valence-corrected chi connectivity index (χ4v) is 4.67. The van der Waals surface area contributed by atoms with Crippen molar-refractivity contribution in [3.63, 3.8) is 0 Å². The molecule has 0 spiro atoms. The van der Waals surface area contributed by atoms with Crippen LogP contribution >= 0.6 is 13.5 Å². The van der Waals surface area contributed by atoms with Crippen LogP contribution in [0.5, 0.6) is 0 Å². The van der Waals surface area contributed by atoms with Crippen molar-refractivity contribution in [3.05, 3.63) is 58.2 Å². The normalized spacial score (nSPS) is 20.3. The van der Waals surface area contributed by atoms with Crippen LogP contribution in [0.1, 0.15) is 58.0 Å². The lowest BCUT2D eigenvalue weighted by Crippen LogP contribution is -2.35. The lowest BCUT2D eigenvalue weighted by atomic mass is 9.98. The number of carbonyl (C=O) groups excluding carboxylic acids is 1. The van der Waals surface area contributed by atoms with Crippen LogP contribution in [-0.4, -0.2) is 52.4 Å². The Labute approximate surface area is 181 Å². The van der Waals surface area contributed by atoms with Gasteiger partial charge in [-0.25, -0.2) is 0 Å². The second-order valence-electron chi connectivity index (χ2n) is 8.53. The molecule has 0 aliphatic carbocycles. The van der Waals surface area contributed by atoms with Gasteiger partial charge in [0.25, 0.3) is 5.91 Å². The second-order valence-corrected chi connectivity index (χ2v) is 8.53. The van der Waals surface area contributed by atoms with E-state index < -0.39 is 0 Å². The highest BCUT2D eigenvalue weighted by Crippen LogP contribution is 2.30. The molecule has 0 radical (unpaired) electrons. The van der Waals surface area contributed by atoms with Crippen molar-refractivity contribution in [2.75, 3.05) is 26.7 Å². The summed E-state index contributed by atoms with van der Waals surface area (Å²) < 4.78 is 0. The van der Waals surface area contributed by atoms with E-state index in [1.165, 1.54) is 12.0 Å². The van der Waals surface area contributed by atoms with Crippen LogP contribution in [-0.2, 0) is 12.8 Å². The summed E-state index contributed by atoms with van der Waals surface area (Å²) in [6, 6.07) is 6.79. The summed E-state index contributed by atoms with van der Waals surface area (Å²) in [6.07, 6.45) is 5.15. The minimum absolute atomic E-state index is 0. The van der Waals surface area contributed by atoms with Crippen LogP contribution in [0.15, 0.2) is 24.4 Å². The molecular weight excluding hydrogens is 380 g/mol. The first-order valence-corrected chi connectivity index (χ1v) is 10.3. The van der Waals surface area contributed by atoms with Crippen LogP contribution < -0.4 is 0 Å². The molecule has 5 nitrogen and oxygen atoms in total. The number of rotatable bonds is 4. The molecule has 0 bridgehead atoms. The predicted octanol–water partition coefficient (Wildman–Crippen LogP) is 3.46. The molecule has 2 aromatic heterocycles. The molecule has 1 unspecified atom stereocenters. The number of aryl methyl sites for hydroxylation is 2. The van der Waals surface area contributed by atoms with E-state index in [2.05, 4.69) is 53.8 Å². The van der Waals surface area contributed by atoms with Gasteiger partial charge in [0.1, 0.15) is 0 Å². The molecule has 4 rings (SSSR count). The van der Waals surface area contributed by atoms with Gasteiger partial charge in [0, 0.05) is 50.2 Å². The van der Waals surface area contributed by atoms with E-state index in [0.717, 1.165) is 60.7 Å². The van der Waals surface area contributed by atoms with Gasteiger partial charge in [0.2, 0.25) is 0 Å². The van der Waals surface area contributed by atoms with Crippen molar-refractivity contribution < 1.29 is 4.79 Å². The quantitative estimate of drug-likeness (QED) is 0.772. The first-order valence-electron chi connectivity index (χ1n) is 10.3. The lowest BCUT2D eigenvalue weighted by molar-refractivity contribution is 0.0778. The van der Waals surface area contributed by atoms with E-state index in [0.29, 0.717) is 5.92 Å². The Balaban J connectivity index is 0.00000240. The molecule has 0 N–H and O–H groups in total. The summed E-state index contributed by atoms with van der Waals surface area (Å²) in [5.41, 5.74) is 6.49. The number of amides is 1. The maximum atomic E-state index is 12.5. The fourth-order valence-electron chi connectivity index (χ4n) is 4.67. The minimum atomic E-state index is 0. The molecule has 1 saturated heterocycles. The summed E-state index contributed by atoms with van der Waals surface area (Å²) >= 11 is 0. The van der Waals surface area contributed by atoms with Gasteiger partial charge in [-0.3, -0.25) is 19.7 Å². The SMILES string of the molecule is Cc1cc(C[C@H]2CCN(C(C)c3cnc4c(c3)C(=O)N(C)CC4)C2)cc(C)n1.S. The number of hydrogen-bond acceptors (Lipinski definition) is 4. The van der Waals surface area contributed by atoms with Gasteiger partial charge in [-0.2, -0.15) is 13.5 Å². The number of fused-ring (bicyclic) bond motifs is 1. The first kappa shape index (κ1) is 21.8. The van der Waals surface area contributed by atoms with Crippen LogP contribution in [0.2, 0.25) is 0 Å². The highest BCUT2D eigenvalue weighted by atomic mass is 32.1. The van der Waals surface area contributed by atoms with Crippen LogP contribution in [0, 0.1) is 19.8 Å². The number of pyridine rings is 2. The van der Waals surface area contributed by atoms with Gasteiger partial charge in [0.05, 0.1) is 11.3 Å². The summed E-state index contributed by atoms with van der Waals surface area (Å²) in [7, 11) is 1.87. The maximum absolute atomic E-state index is 12.5. The zero-order valence-electron chi connectivity index (χ0n) is 17.9. The lowest BCUT2D eigenvalue weighted by Gasteiger charge is -2.28. The van der Waals surface area contributed by atoms with Crippen molar-refractivity contribution in [2.45, 2.75) is 46.1 Å². The molecule has 4 heterocycles. The molecular formula is C23H32N4OS. The van der Waals surface area contributed by atoms with Crippen LogP contribution in [0.25, 0.3) is 0 Å². The molecule has 1 amide bonds. The van der Waals surface area contributed by atoms with Crippen LogP contribution in [0.4, 0.5) is 0 Å². The second kappa shape index (κ2) is 8.84. The topological polar surface area (TPSA) is 49.3 Å². The van der Waals surface area contributed by atoms with E-state index in [1.807, 2.05) is 13.2 Å². The zero-order valence-corrected chi connectivity index (χ0v) is 18.9. The predicted molar refractivity (Wildman–Crippen MR) is 121 cm³/mol. The molecule has 2 aliphatic rings. The van der Waals surface area contributed by atoms with E-state index in [-0.39, 0.29) is 25.4 Å². The molecule has 1 fully saturated rings. The first-order chi connectivity index (χ1) is 13.4. The Morgan fingerprint density at radius 3 is 2.62 bits per heavy atom. The van der Waals surface area contributed by atoms with E-state index in [1.54, 1.807) is 4.90 Å². The summed E-state index contributed by atoms with van der Waals surface area (Å²) in [4.78, 5) is 25.9. The Morgan fingerprint density at radius 2 is 1.90 bits per heavy atom. The van der Waals surface area contributed by atoms with Crippen LogP contribution in [0.3, 0.4) is 0 Å². The highest BCUT2D eigenvalue weighted by Gasteiger charge is 2.29. The molecule has 156 valence electrons. The molecule has 29 heavy (non-hydrogen) atoms. The Hall–Kier alpha value is -1.92. The Kier molecular flexibility index (Phi) is 6.64. The molecule has 2 aromatic rings. The maximum Gasteiger partial charge on any atom is 0.255 e. The third kappa shape index (κ3) is 4.64. The number of nitrogens with zero attached hydrogens (tertiary/aromatic N) is 4. The number of likely N-dealkylation sites (tertiary alicyclic amines) is 1. The standard InChI is InChI=1S/C23H30N4O.H2S/c1-15-9-19(10-16(2)25-15)11-18-5-8-27(14-18)17(3)20-12-21-22(24-13-20)6-7-26(4)23(21)28;/h9-10,12-13,17-18H,5-8,11,14H2,1-4H3;1H2/t17?,18-;/m1./s1. The van der Waals surface area contributed by atoms with E-state index in [4.69, 9.17) is 0 Å². The Bertz CT molecular complexity index is 880.